The summed E-state index contributed by atoms with van der Waals surface area (Å²) in [5.41, 5.74) is 3.28. The molecule has 0 fully saturated rings. The van der Waals surface area contributed by atoms with Crippen LogP contribution in [-0.2, 0) is 18.0 Å². The first-order valence-corrected chi connectivity index (χ1v) is 7.47. The van der Waals surface area contributed by atoms with Gasteiger partial charge in [0.25, 0.3) is 0 Å². The van der Waals surface area contributed by atoms with Crippen LogP contribution in [0.15, 0.2) is 18.2 Å². The smallest absolute Gasteiger partial charge is 0.163 e. The van der Waals surface area contributed by atoms with E-state index in [1.807, 2.05) is 18.2 Å². The van der Waals surface area contributed by atoms with E-state index < -0.39 is 0 Å². The molecule has 0 aliphatic carbocycles. The summed E-state index contributed by atoms with van der Waals surface area (Å²) in [5, 5.41) is 0. The molecular weight excluding hydrogens is 236 g/mol. The summed E-state index contributed by atoms with van der Waals surface area (Å²) in [6, 6.07) is 6.03. The molecule has 0 saturated heterocycles. The van der Waals surface area contributed by atoms with Crippen LogP contribution in [0.4, 0.5) is 0 Å². The number of Topliss-reactive ketones (excluding diaryl/α,β-unsaturated/α-hetero) is 1. The summed E-state index contributed by atoms with van der Waals surface area (Å²) in [6.07, 6.45) is 5.40. The lowest BCUT2D eigenvalue weighted by Gasteiger charge is -2.13. The molecule has 1 aliphatic heterocycles. The first kappa shape index (κ1) is 14.3. The highest BCUT2D eigenvalue weighted by molar-refractivity contribution is 5.96. The quantitative estimate of drug-likeness (QED) is 0.674. The molecule has 2 rings (SSSR count). The van der Waals surface area contributed by atoms with Gasteiger partial charge < -0.3 is 4.74 Å². The molecule has 0 radical (unpaired) electrons. The third-order valence-corrected chi connectivity index (χ3v) is 4.06. The van der Waals surface area contributed by atoms with Crippen molar-refractivity contribution in [1.29, 1.82) is 0 Å². The number of ketones is 1. The average Bonchev–Trinajstić information content (AvgIpc) is 2.90. The van der Waals surface area contributed by atoms with Crippen molar-refractivity contribution in [2.75, 3.05) is 0 Å². The van der Waals surface area contributed by atoms with Crippen molar-refractivity contribution < 1.29 is 9.53 Å². The lowest BCUT2D eigenvalue weighted by Crippen LogP contribution is -2.09. The fourth-order valence-electron chi connectivity index (χ4n) is 2.67. The van der Waals surface area contributed by atoms with Crippen molar-refractivity contribution in [3.05, 3.63) is 34.9 Å². The Morgan fingerprint density at radius 1 is 1.26 bits per heavy atom. The third kappa shape index (κ3) is 3.66. The van der Waals surface area contributed by atoms with Gasteiger partial charge in [-0.25, -0.2) is 0 Å². The van der Waals surface area contributed by atoms with E-state index in [2.05, 4.69) is 13.8 Å². The maximum Gasteiger partial charge on any atom is 0.163 e. The lowest BCUT2D eigenvalue weighted by atomic mass is 9.91. The Kier molecular flexibility index (Phi) is 5.15. The molecule has 2 nitrogen and oxygen atoms in total. The van der Waals surface area contributed by atoms with Gasteiger partial charge in [0.05, 0.1) is 13.2 Å². The Hall–Kier alpha value is -1.15. The number of rotatable bonds is 7. The number of carbonyl (C=O) groups is 1. The van der Waals surface area contributed by atoms with Crippen molar-refractivity contribution >= 4 is 5.78 Å². The van der Waals surface area contributed by atoms with Crippen LogP contribution in [0.25, 0.3) is 0 Å². The predicted molar refractivity (Wildman–Crippen MR) is 77.2 cm³/mol. The van der Waals surface area contributed by atoms with Gasteiger partial charge in [0.1, 0.15) is 0 Å². The van der Waals surface area contributed by atoms with Gasteiger partial charge in [-0.15, -0.1) is 0 Å². The molecule has 0 aromatic heterocycles. The third-order valence-electron chi connectivity index (χ3n) is 4.06. The summed E-state index contributed by atoms with van der Waals surface area (Å²) < 4.78 is 5.39. The van der Waals surface area contributed by atoms with Crippen LogP contribution in [0.5, 0.6) is 0 Å². The molecule has 1 unspecified atom stereocenters. The largest absolute Gasteiger partial charge is 0.372 e. The molecule has 0 N–H and O–H groups in total. The van der Waals surface area contributed by atoms with Crippen molar-refractivity contribution in [2.45, 2.75) is 59.2 Å². The Balaban J connectivity index is 1.99. The predicted octanol–water partition coefficient (Wildman–Crippen LogP) is 4.51. The van der Waals surface area contributed by atoms with Crippen molar-refractivity contribution in [3.63, 3.8) is 0 Å². The van der Waals surface area contributed by atoms with Crippen LogP contribution in [-0.4, -0.2) is 5.78 Å². The van der Waals surface area contributed by atoms with E-state index in [0.717, 1.165) is 12.0 Å². The van der Waals surface area contributed by atoms with Gasteiger partial charge in [-0.05, 0) is 23.1 Å². The molecule has 0 saturated carbocycles. The molecule has 0 bridgehead atoms. The minimum atomic E-state index is 0.289. The summed E-state index contributed by atoms with van der Waals surface area (Å²) in [4.78, 5) is 12.3. The standard InChI is InChI=1S/C17H24O2/c1-3-5-6-13(4-2)9-17(18)14-7-8-15-11-19-12-16(15)10-14/h7-8,10,13H,3-6,9,11-12H2,1-2H3. The molecule has 1 aromatic rings. The maximum atomic E-state index is 12.3. The highest BCUT2D eigenvalue weighted by Crippen LogP contribution is 2.24. The summed E-state index contributed by atoms with van der Waals surface area (Å²) in [6.45, 7) is 5.74. The molecule has 1 aliphatic rings. The van der Waals surface area contributed by atoms with E-state index in [-0.39, 0.29) is 5.78 Å². The van der Waals surface area contributed by atoms with Crippen LogP contribution >= 0.6 is 0 Å². The number of fused-ring (bicyclic) bond motifs is 1. The van der Waals surface area contributed by atoms with Crippen LogP contribution in [0.1, 0.15) is 67.4 Å². The number of ether oxygens (including phenoxy) is 1. The lowest BCUT2D eigenvalue weighted by molar-refractivity contribution is 0.0957. The monoisotopic (exact) mass is 260 g/mol. The second-order valence-electron chi connectivity index (χ2n) is 5.52. The normalized spacial score (nSPS) is 15.3. The number of hydrogen-bond donors (Lipinski definition) is 0. The number of carbonyl (C=O) groups excluding carboxylic acids is 1. The number of benzene rings is 1. The SMILES string of the molecule is CCCCC(CC)CC(=O)c1ccc2c(c1)COC2. The average molecular weight is 260 g/mol. The Bertz CT molecular complexity index is 437. The maximum absolute atomic E-state index is 12.3. The summed E-state index contributed by atoms with van der Waals surface area (Å²) in [5.74, 6) is 0.828. The minimum absolute atomic E-state index is 0.289. The Morgan fingerprint density at radius 3 is 2.79 bits per heavy atom. The Morgan fingerprint density at radius 2 is 2.05 bits per heavy atom. The second-order valence-corrected chi connectivity index (χ2v) is 5.52. The fraction of sp³-hybridized carbons (Fsp3) is 0.588. The van der Waals surface area contributed by atoms with Gasteiger partial charge in [-0.1, -0.05) is 51.7 Å². The zero-order valence-corrected chi connectivity index (χ0v) is 12.1. The molecule has 2 heteroatoms. The molecule has 0 spiro atoms. The van der Waals surface area contributed by atoms with Gasteiger partial charge in [0, 0.05) is 12.0 Å². The first-order chi connectivity index (χ1) is 9.24. The van der Waals surface area contributed by atoms with Gasteiger partial charge >= 0.3 is 0 Å². The van der Waals surface area contributed by atoms with Crippen LogP contribution < -0.4 is 0 Å². The summed E-state index contributed by atoms with van der Waals surface area (Å²) >= 11 is 0. The van der Waals surface area contributed by atoms with E-state index in [9.17, 15) is 4.79 Å². The van der Waals surface area contributed by atoms with Crippen LogP contribution in [0.3, 0.4) is 0 Å². The van der Waals surface area contributed by atoms with Crippen LogP contribution in [0.2, 0.25) is 0 Å². The van der Waals surface area contributed by atoms with E-state index in [4.69, 9.17) is 4.74 Å². The first-order valence-electron chi connectivity index (χ1n) is 7.47. The molecule has 104 valence electrons. The highest BCUT2D eigenvalue weighted by Gasteiger charge is 2.17. The molecule has 1 atom stereocenters. The Labute approximate surface area is 116 Å². The van der Waals surface area contributed by atoms with Gasteiger partial charge in [0.2, 0.25) is 0 Å². The fourth-order valence-corrected chi connectivity index (χ4v) is 2.67. The van der Waals surface area contributed by atoms with Crippen molar-refractivity contribution in [3.8, 4) is 0 Å². The van der Waals surface area contributed by atoms with E-state index in [0.29, 0.717) is 25.6 Å². The zero-order chi connectivity index (χ0) is 13.7. The topological polar surface area (TPSA) is 26.3 Å². The second kappa shape index (κ2) is 6.85. The van der Waals surface area contributed by atoms with Crippen molar-refractivity contribution in [1.82, 2.24) is 0 Å². The van der Waals surface area contributed by atoms with Crippen LogP contribution in [0, 0.1) is 5.92 Å². The highest BCUT2D eigenvalue weighted by atomic mass is 16.5. The van der Waals surface area contributed by atoms with Gasteiger partial charge in [-0.2, -0.15) is 0 Å². The van der Waals surface area contributed by atoms with Gasteiger partial charge in [0.15, 0.2) is 5.78 Å². The van der Waals surface area contributed by atoms with Crippen molar-refractivity contribution in [2.24, 2.45) is 5.92 Å². The van der Waals surface area contributed by atoms with E-state index >= 15 is 0 Å². The van der Waals surface area contributed by atoms with E-state index in [1.54, 1.807) is 0 Å². The number of unbranched alkanes of at least 4 members (excludes halogenated alkanes) is 1. The van der Waals surface area contributed by atoms with Gasteiger partial charge in [-0.3, -0.25) is 4.79 Å². The van der Waals surface area contributed by atoms with E-state index in [1.165, 1.54) is 30.4 Å². The number of hydrogen-bond acceptors (Lipinski definition) is 2. The molecule has 1 aromatic carbocycles. The summed E-state index contributed by atoms with van der Waals surface area (Å²) in [7, 11) is 0. The molecule has 0 amide bonds. The zero-order valence-electron chi connectivity index (χ0n) is 12.1. The molecule has 1 heterocycles. The minimum Gasteiger partial charge on any atom is -0.372 e. The molecule has 19 heavy (non-hydrogen) atoms. The molecular formula is C17H24O2.